The maximum absolute atomic E-state index is 11.7. The quantitative estimate of drug-likeness (QED) is 0.284. The Balaban J connectivity index is 4.27. The van der Waals surface area contributed by atoms with Gasteiger partial charge >= 0.3 is 11.9 Å². The van der Waals surface area contributed by atoms with Gasteiger partial charge in [-0.1, -0.05) is 13.3 Å². The fraction of sp³-hybridized carbons (Fsp3) is 0.571. The lowest BCUT2D eigenvalue weighted by Crippen LogP contribution is -2.28. The van der Waals surface area contributed by atoms with Crippen LogP contribution in [0.2, 0.25) is 0 Å². The van der Waals surface area contributed by atoms with Crippen LogP contribution in [0.15, 0.2) is 0 Å². The van der Waals surface area contributed by atoms with Gasteiger partial charge in [0.05, 0.1) is 0 Å². The van der Waals surface area contributed by atoms with Gasteiger partial charge in [-0.05, 0) is 6.42 Å². The number of hydrogen-bond acceptors (Lipinski definition) is 4. The Bertz CT molecular complexity index is 314. The molecule has 0 amide bonds. The molecule has 0 fully saturated rings. The van der Waals surface area contributed by atoms with Crippen molar-refractivity contribution in [2.75, 3.05) is 13.2 Å². The summed E-state index contributed by atoms with van der Waals surface area (Å²) in [6.07, 6.45) is 11.8. The molecule has 0 aromatic carbocycles. The summed E-state index contributed by atoms with van der Waals surface area (Å²) in [4.78, 5) is 23.3. The van der Waals surface area contributed by atoms with E-state index in [1.165, 1.54) is 0 Å². The van der Waals surface area contributed by atoms with Crippen LogP contribution in [-0.4, -0.2) is 25.2 Å². The molecule has 0 bridgehead atoms. The number of esters is 2. The summed E-state index contributed by atoms with van der Waals surface area (Å²) in [6, 6.07) is 0. The molecule has 18 heavy (non-hydrogen) atoms. The summed E-state index contributed by atoms with van der Waals surface area (Å²) >= 11 is 0. The molecule has 0 aromatic rings. The van der Waals surface area contributed by atoms with Crippen molar-refractivity contribution in [3.05, 3.63) is 0 Å². The summed E-state index contributed by atoms with van der Waals surface area (Å²) in [6.45, 7) is 2.11. The van der Waals surface area contributed by atoms with Crippen molar-refractivity contribution in [2.24, 2.45) is 5.92 Å². The number of ether oxygens (including phenoxy) is 2. The Morgan fingerprint density at radius 3 is 1.83 bits per heavy atom. The van der Waals surface area contributed by atoms with Crippen molar-refractivity contribution < 1.29 is 19.1 Å². The second-order valence-electron chi connectivity index (χ2n) is 3.58. The maximum atomic E-state index is 11.7. The smallest absolute Gasteiger partial charge is 0.320 e. The van der Waals surface area contributed by atoms with Crippen molar-refractivity contribution in [3.63, 3.8) is 0 Å². The molecule has 0 atom stereocenters. The van der Waals surface area contributed by atoms with Crippen LogP contribution in [0, 0.1) is 30.6 Å². The molecule has 0 saturated carbocycles. The van der Waals surface area contributed by atoms with Gasteiger partial charge < -0.3 is 9.47 Å². The summed E-state index contributed by atoms with van der Waals surface area (Å²) in [7, 11) is 0. The van der Waals surface area contributed by atoms with Crippen molar-refractivity contribution in [1.82, 2.24) is 0 Å². The minimum atomic E-state index is -0.884. The molecule has 4 nitrogen and oxygen atoms in total. The van der Waals surface area contributed by atoms with Gasteiger partial charge in [0, 0.05) is 12.8 Å². The fourth-order valence-electron chi connectivity index (χ4n) is 1.24. The molecule has 0 aliphatic carbocycles. The first-order chi connectivity index (χ1) is 8.67. The summed E-state index contributed by atoms with van der Waals surface area (Å²) in [5.41, 5.74) is 0. The molecule has 0 unspecified atom stereocenters. The number of carbonyl (C=O) groups is 2. The Morgan fingerprint density at radius 2 is 1.50 bits per heavy atom. The molecule has 4 heteroatoms. The summed E-state index contributed by atoms with van der Waals surface area (Å²) < 4.78 is 9.80. The van der Waals surface area contributed by atoms with Gasteiger partial charge in [0.25, 0.3) is 0 Å². The normalized spacial score (nSPS) is 9.33. The first-order valence-corrected chi connectivity index (χ1v) is 5.87. The zero-order chi connectivity index (χ0) is 13.8. The average molecular weight is 250 g/mol. The molecule has 0 aliphatic rings. The van der Waals surface area contributed by atoms with E-state index in [1.54, 1.807) is 0 Å². The van der Waals surface area contributed by atoms with Gasteiger partial charge in [-0.3, -0.25) is 9.59 Å². The standard InChI is InChI=1S/C14H18O4/c1-4-7-10-17-13(15)12(9-6-3)14(16)18-11-8-5-2/h1-2,12H,6-11H2,3H3. The molecule has 0 aliphatic heterocycles. The van der Waals surface area contributed by atoms with Crippen molar-refractivity contribution >= 4 is 11.9 Å². The van der Waals surface area contributed by atoms with Crippen LogP contribution >= 0.6 is 0 Å². The molecule has 0 rings (SSSR count). The average Bonchev–Trinajstić information content (AvgIpc) is 2.36. The topological polar surface area (TPSA) is 52.6 Å². The lowest BCUT2D eigenvalue weighted by atomic mass is 10.0. The van der Waals surface area contributed by atoms with E-state index in [-0.39, 0.29) is 13.2 Å². The van der Waals surface area contributed by atoms with Crippen molar-refractivity contribution in [2.45, 2.75) is 32.6 Å². The van der Waals surface area contributed by atoms with Crippen molar-refractivity contribution in [1.29, 1.82) is 0 Å². The molecular weight excluding hydrogens is 232 g/mol. The zero-order valence-corrected chi connectivity index (χ0v) is 10.6. The Labute approximate surface area is 108 Å². The van der Waals surface area contributed by atoms with E-state index in [4.69, 9.17) is 22.3 Å². The molecule has 0 spiro atoms. The van der Waals surface area contributed by atoms with Gasteiger partial charge in [-0.25, -0.2) is 0 Å². The monoisotopic (exact) mass is 250 g/mol. The molecule has 0 aromatic heterocycles. The second-order valence-corrected chi connectivity index (χ2v) is 3.58. The minimum absolute atomic E-state index is 0.118. The third kappa shape index (κ3) is 6.60. The minimum Gasteiger partial charge on any atom is -0.464 e. The van der Waals surface area contributed by atoms with E-state index < -0.39 is 17.9 Å². The third-order valence-electron chi connectivity index (χ3n) is 2.13. The number of rotatable bonds is 8. The largest absolute Gasteiger partial charge is 0.464 e. The van der Waals surface area contributed by atoms with Crippen LogP contribution in [0.25, 0.3) is 0 Å². The van der Waals surface area contributed by atoms with Crippen LogP contribution in [0.3, 0.4) is 0 Å². The fourth-order valence-corrected chi connectivity index (χ4v) is 1.24. The molecule has 0 radical (unpaired) electrons. The van der Waals surface area contributed by atoms with Crippen LogP contribution in [-0.2, 0) is 19.1 Å². The second kappa shape index (κ2) is 10.2. The Kier molecular flexibility index (Phi) is 9.13. The van der Waals surface area contributed by atoms with Gasteiger partial charge in [-0.2, -0.15) is 0 Å². The van der Waals surface area contributed by atoms with E-state index in [1.807, 2.05) is 6.92 Å². The van der Waals surface area contributed by atoms with Gasteiger partial charge in [0.15, 0.2) is 5.92 Å². The molecule has 0 saturated heterocycles. The highest BCUT2D eigenvalue weighted by molar-refractivity contribution is 5.94. The van der Waals surface area contributed by atoms with Crippen molar-refractivity contribution in [3.8, 4) is 24.7 Å². The van der Waals surface area contributed by atoms with Crippen LogP contribution in [0.1, 0.15) is 32.6 Å². The van der Waals surface area contributed by atoms with E-state index in [0.717, 1.165) is 0 Å². The van der Waals surface area contributed by atoms with E-state index in [9.17, 15) is 9.59 Å². The lowest BCUT2D eigenvalue weighted by molar-refractivity contribution is -0.162. The van der Waals surface area contributed by atoms with Crippen LogP contribution in [0.4, 0.5) is 0 Å². The van der Waals surface area contributed by atoms with Crippen LogP contribution < -0.4 is 0 Å². The van der Waals surface area contributed by atoms with Gasteiger partial charge in [0.2, 0.25) is 0 Å². The third-order valence-corrected chi connectivity index (χ3v) is 2.13. The van der Waals surface area contributed by atoms with Gasteiger partial charge in [0.1, 0.15) is 13.2 Å². The molecule has 0 heterocycles. The number of carbonyl (C=O) groups excluding carboxylic acids is 2. The highest BCUT2D eigenvalue weighted by Crippen LogP contribution is 2.11. The Morgan fingerprint density at radius 1 is 1.06 bits per heavy atom. The highest BCUT2D eigenvalue weighted by Gasteiger charge is 2.28. The summed E-state index contributed by atoms with van der Waals surface area (Å²) in [5, 5.41) is 0. The predicted octanol–water partition coefficient (Wildman–Crippen LogP) is 1.54. The van der Waals surface area contributed by atoms with Gasteiger partial charge in [-0.15, -0.1) is 24.7 Å². The van der Waals surface area contributed by atoms with E-state index in [2.05, 4.69) is 11.8 Å². The lowest BCUT2D eigenvalue weighted by Gasteiger charge is -2.13. The molecular formula is C14H18O4. The first kappa shape index (κ1) is 16.1. The summed E-state index contributed by atoms with van der Waals surface area (Å²) in [5.74, 6) is 2.64. The predicted molar refractivity (Wildman–Crippen MR) is 67.2 cm³/mol. The zero-order valence-electron chi connectivity index (χ0n) is 10.6. The van der Waals surface area contributed by atoms with Crippen LogP contribution in [0.5, 0.6) is 0 Å². The first-order valence-electron chi connectivity index (χ1n) is 5.87. The van der Waals surface area contributed by atoms with E-state index >= 15 is 0 Å². The molecule has 98 valence electrons. The molecule has 0 N–H and O–H groups in total. The highest BCUT2D eigenvalue weighted by atomic mass is 16.6. The number of hydrogen-bond donors (Lipinski definition) is 0. The number of terminal acetylenes is 2. The SMILES string of the molecule is C#CCCOC(=O)C(CCC)C(=O)OCCC#C. The van der Waals surface area contributed by atoms with E-state index in [0.29, 0.717) is 25.7 Å². The Hall–Kier alpha value is -1.94. The maximum Gasteiger partial charge on any atom is 0.320 e.